The van der Waals surface area contributed by atoms with Gasteiger partial charge in [-0.1, -0.05) is 48.5 Å². The number of benzene rings is 2. The first kappa shape index (κ1) is 22.1. The van der Waals surface area contributed by atoms with Gasteiger partial charge in [-0.3, -0.25) is 19.4 Å². The van der Waals surface area contributed by atoms with E-state index in [1.807, 2.05) is 47.1 Å². The Balaban J connectivity index is 1.17. The summed E-state index contributed by atoms with van der Waals surface area (Å²) in [6, 6.07) is 18.3. The minimum Gasteiger partial charge on any atom is -0.337 e. The summed E-state index contributed by atoms with van der Waals surface area (Å²) in [5.41, 5.74) is 3.52. The molecule has 3 aliphatic rings. The predicted molar refractivity (Wildman–Crippen MR) is 130 cm³/mol. The molecular formula is C27H34N4O2. The molecule has 0 spiro atoms. The molecule has 2 aromatic carbocycles. The van der Waals surface area contributed by atoms with Gasteiger partial charge in [0.2, 0.25) is 11.8 Å². The van der Waals surface area contributed by atoms with E-state index in [0.717, 1.165) is 64.2 Å². The molecule has 2 aromatic rings. The molecule has 2 fully saturated rings. The molecule has 33 heavy (non-hydrogen) atoms. The number of para-hydroxylation sites is 1. The van der Waals surface area contributed by atoms with Crippen molar-refractivity contribution < 1.29 is 9.59 Å². The molecule has 2 amide bonds. The van der Waals surface area contributed by atoms with Gasteiger partial charge in [-0.05, 0) is 43.4 Å². The lowest BCUT2D eigenvalue weighted by Gasteiger charge is -2.44. The summed E-state index contributed by atoms with van der Waals surface area (Å²) >= 11 is 0. The minimum atomic E-state index is -0.144. The van der Waals surface area contributed by atoms with Crippen LogP contribution in [0.1, 0.15) is 30.9 Å². The molecule has 0 bridgehead atoms. The zero-order valence-electron chi connectivity index (χ0n) is 19.5. The second kappa shape index (κ2) is 9.65. The summed E-state index contributed by atoms with van der Waals surface area (Å²) in [6.45, 7) is 7.66. The number of likely N-dealkylation sites (tertiary alicyclic amines) is 1. The van der Waals surface area contributed by atoms with Gasteiger partial charge in [-0.2, -0.15) is 0 Å². The summed E-state index contributed by atoms with van der Waals surface area (Å²) in [6.07, 6.45) is 2.92. The van der Waals surface area contributed by atoms with E-state index in [2.05, 4.69) is 34.1 Å². The van der Waals surface area contributed by atoms with Gasteiger partial charge in [-0.15, -0.1) is 0 Å². The summed E-state index contributed by atoms with van der Waals surface area (Å²) in [4.78, 5) is 35.1. The van der Waals surface area contributed by atoms with Gasteiger partial charge in [0, 0.05) is 51.5 Å². The van der Waals surface area contributed by atoms with Crippen molar-refractivity contribution in [3.8, 4) is 0 Å². The second-order valence-electron chi connectivity index (χ2n) is 9.52. The quantitative estimate of drug-likeness (QED) is 0.709. The lowest BCUT2D eigenvalue weighted by Crippen LogP contribution is -2.60. The highest BCUT2D eigenvalue weighted by Gasteiger charge is 2.37. The molecule has 0 aromatic heterocycles. The zero-order chi connectivity index (χ0) is 22.8. The highest BCUT2D eigenvalue weighted by molar-refractivity contribution is 5.98. The van der Waals surface area contributed by atoms with Gasteiger partial charge in [0.1, 0.15) is 0 Å². The van der Waals surface area contributed by atoms with Crippen LogP contribution in [0, 0.1) is 0 Å². The molecule has 0 radical (unpaired) electrons. The highest BCUT2D eigenvalue weighted by Crippen LogP contribution is 2.29. The number of piperazine rings is 1. The maximum atomic E-state index is 13.3. The van der Waals surface area contributed by atoms with Crippen molar-refractivity contribution in [2.24, 2.45) is 0 Å². The van der Waals surface area contributed by atoms with Crippen molar-refractivity contribution in [3.05, 3.63) is 65.7 Å². The van der Waals surface area contributed by atoms with E-state index in [4.69, 9.17) is 0 Å². The monoisotopic (exact) mass is 446 g/mol. The number of fused-ring (bicyclic) bond motifs is 1. The number of nitrogens with zero attached hydrogens (tertiary/aromatic N) is 4. The van der Waals surface area contributed by atoms with Gasteiger partial charge in [0.25, 0.3) is 0 Å². The maximum absolute atomic E-state index is 13.3. The summed E-state index contributed by atoms with van der Waals surface area (Å²) in [5.74, 6) is 0.451. The molecule has 6 heteroatoms. The molecule has 0 unspecified atom stereocenters. The molecule has 3 heterocycles. The highest BCUT2D eigenvalue weighted by atomic mass is 16.2. The van der Waals surface area contributed by atoms with E-state index in [1.54, 1.807) is 0 Å². The maximum Gasteiger partial charge on any atom is 0.244 e. The van der Waals surface area contributed by atoms with Crippen molar-refractivity contribution >= 4 is 17.5 Å². The fourth-order valence-corrected chi connectivity index (χ4v) is 5.60. The van der Waals surface area contributed by atoms with Crippen LogP contribution in [0.4, 0.5) is 5.69 Å². The number of carbonyl (C=O) groups excluding carboxylic acids is 2. The van der Waals surface area contributed by atoms with E-state index in [1.165, 1.54) is 11.1 Å². The Hall–Kier alpha value is -2.70. The second-order valence-corrected chi connectivity index (χ2v) is 9.52. The third-order valence-electron chi connectivity index (χ3n) is 7.57. The first-order chi connectivity index (χ1) is 16.1. The third kappa shape index (κ3) is 4.55. The number of hydrogen-bond acceptors (Lipinski definition) is 4. The van der Waals surface area contributed by atoms with Crippen molar-refractivity contribution in [3.63, 3.8) is 0 Å². The number of anilines is 1. The normalized spacial score (nSPS) is 22.9. The first-order valence-corrected chi connectivity index (χ1v) is 12.3. The molecule has 5 rings (SSSR count). The molecule has 0 aliphatic carbocycles. The Kier molecular flexibility index (Phi) is 6.47. The van der Waals surface area contributed by atoms with Crippen LogP contribution in [-0.4, -0.2) is 77.9 Å². The number of rotatable bonds is 5. The van der Waals surface area contributed by atoms with E-state index in [-0.39, 0.29) is 23.9 Å². The van der Waals surface area contributed by atoms with Crippen molar-refractivity contribution in [1.29, 1.82) is 0 Å². The smallest absolute Gasteiger partial charge is 0.244 e. The van der Waals surface area contributed by atoms with Crippen molar-refractivity contribution in [1.82, 2.24) is 14.7 Å². The van der Waals surface area contributed by atoms with Gasteiger partial charge >= 0.3 is 0 Å². The van der Waals surface area contributed by atoms with Crippen molar-refractivity contribution in [2.75, 3.05) is 44.2 Å². The third-order valence-corrected chi connectivity index (χ3v) is 7.57. The Morgan fingerprint density at radius 3 is 2.45 bits per heavy atom. The molecule has 0 saturated carbocycles. The minimum absolute atomic E-state index is 0.0268. The summed E-state index contributed by atoms with van der Waals surface area (Å²) in [7, 11) is 0. The lowest BCUT2D eigenvalue weighted by atomic mass is 10.0. The molecule has 174 valence electrons. The fraction of sp³-hybridized carbons (Fsp3) is 0.481. The average molecular weight is 447 g/mol. The Morgan fingerprint density at radius 2 is 1.67 bits per heavy atom. The van der Waals surface area contributed by atoms with E-state index >= 15 is 0 Å². The molecule has 0 N–H and O–H groups in total. The van der Waals surface area contributed by atoms with Gasteiger partial charge in [0.15, 0.2) is 0 Å². The van der Waals surface area contributed by atoms with Crippen LogP contribution >= 0.6 is 0 Å². The zero-order valence-corrected chi connectivity index (χ0v) is 19.5. The largest absolute Gasteiger partial charge is 0.337 e. The van der Waals surface area contributed by atoms with Crippen LogP contribution in [0.15, 0.2) is 54.6 Å². The molecule has 2 atom stereocenters. The number of amides is 2. The number of hydrogen-bond donors (Lipinski definition) is 0. The van der Waals surface area contributed by atoms with Gasteiger partial charge in [0.05, 0.1) is 12.1 Å². The topological polar surface area (TPSA) is 47.1 Å². The SMILES string of the molecule is C[C@H](C(=O)N1CCc2ccccc21)N1CCN([C@H]2CCCN(Cc3ccccc3)C2=O)CC1. The van der Waals surface area contributed by atoms with E-state index in [9.17, 15) is 9.59 Å². The summed E-state index contributed by atoms with van der Waals surface area (Å²) in [5, 5.41) is 0. The van der Waals surface area contributed by atoms with Gasteiger partial charge in [-0.25, -0.2) is 0 Å². The Bertz CT molecular complexity index is 987. The van der Waals surface area contributed by atoms with Crippen LogP contribution < -0.4 is 4.90 Å². The van der Waals surface area contributed by atoms with Crippen LogP contribution in [0.2, 0.25) is 0 Å². The van der Waals surface area contributed by atoms with Crippen molar-refractivity contribution in [2.45, 2.75) is 44.8 Å². The van der Waals surface area contributed by atoms with E-state index in [0.29, 0.717) is 6.54 Å². The van der Waals surface area contributed by atoms with Crippen LogP contribution in [-0.2, 0) is 22.6 Å². The van der Waals surface area contributed by atoms with Crippen LogP contribution in [0.3, 0.4) is 0 Å². The molecule has 6 nitrogen and oxygen atoms in total. The number of carbonyl (C=O) groups is 2. The Morgan fingerprint density at radius 1 is 0.939 bits per heavy atom. The molecule has 3 aliphatic heterocycles. The summed E-state index contributed by atoms with van der Waals surface area (Å²) < 4.78 is 0. The average Bonchev–Trinajstić information content (AvgIpc) is 3.29. The lowest BCUT2D eigenvalue weighted by molar-refractivity contribution is -0.142. The Labute approximate surface area is 196 Å². The van der Waals surface area contributed by atoms with Crippen LogP contribution in [0.5, 0.6) is 0 Å². The van der Waals surface area contributed by atoms with E-state index < -0.39 is 0 Å². The molecular weight excluding hydrogens is 412 g/mol. The standard InChI is InChI=1S/C27H34N4O2/c1-21(26(32)31-15-13-23-10-5-6-11-24(23)31)28-16-18-29(19-17-28)25-12-7-14-30(27(25)33)20-22-8-3-2-4-9-22/h2-6,8-11,21,25H,7,12-20H2,1H3/t21-,25+/m1/s1. The fourth-order valence-electron chi connectivity index (χ4n) is 5.60. The molecule has 2 saturated heterocycles. The van der Waals surface area contributed by atoms with Crippen LogP contribution in [0.25, 0.3) is 0 Å². The number of piperidine rings is 1. The van der Waals surface area contributed by atoms with Gasteiger partial charge < -0.3 is 9.80 Å². The first-order valence-electron chi connectivity index (χ1n) is 12.3. The predicted octanol–water partition coefficient (Wildman–Crippen LogP) is 2.77.